The summed E-state index contributed by atoms with van der Waals surface area (Å²) in [5.74, 6) is 0.879. The van der Waals surface area contributed by atoms with Crippen LogP contribution in [-0.4, -0.2) is 51.4 Å². The number of anilines is 1. The van der Waals surface area contributed by atoms with E-state index in [1.54, 1.807) is 25.4 Å². The highest BCUT2D eigenvalue weighted by Crippen LogP contribution is 2.25. The molecule has 134 valence electrons. The van der Waals surface area contributed by atoms with E-state index in [0.717, 1.165) is 0 Å². The van der Waals surface area contributed by atoms with Crippen molar-refractivity contribution in [2.45, 2.75) is 38.7 Å². The van der Waals surface area contributed by atoms with Gasteiger partial charge in [0.2, 0.25) is 5.95 Å². The van der Waals surface area contributed by atoms with E-state index >= 15 is 0 Å². The van der Waals surface area contributed by atoms with Crippen molar-refractivity contribution < 1.29 is 14.4 Å². The summed E-state index contributed by atoms with van der Waals surface area (Å²) in [7, 11) is 0. The Morgan fingerprint density at radius 2 is 2.16 bits per heavy atom. The van der Waals surface area contributed by atoms with Gasteiger partial charge in [0.25, 0.3) is 5.91 Å². The van der Waals surface area contributed by atoms with Crippen molar-refractivity contribution >= 4 is 11.9 Å². The van der Waals surface area contributed by atoms with E-state index in [2.05, 4.69) is 20.4 Å². The van der Waals surface area contributed by atoms with Gasteiger partial charge in [0.15, 0.2) is 0 Å². The van der Waals surface area contributed by atoms with Crippen molar-refractivity contribution in [1.82, 2.24) is 20.4 Å². The monoisotopic (exact) mass is 345 g/mol. The molecule has 3 heterocycles. The number of aryl methyl sites for hydroxylation is 1. The molecule has 0 radical (unpaired) electrons. The number of hydrogen-bond donors (Lipinski definition) is 2. The lowest BCUT2D eigenvalue weighted by Gasteiger charge is -2.23. The Morgan fingerprint density at radius 3 is 2.84 bits per heavy atom. The molecule has 2 aromatic heterocycles. The zero-order valence-electron chi connectivity index (χ0n) is 14.7. The fourth-order valence-corrected chi connectivity index (χ4v) is 3.02. The molecule has 1 aliphatic rings. The van der Waals surface area contributed by atoms with Gasteiger partial charge in [0, 0.05) is 25.5 Å². The minimum absolute atomic E-state index is 0.0819. The molecule has 1 amide bonds. The minimum Gasteiger partial charge on any atom is -0.386 e. The lowest BCUT2D eigenvalue weighted by Crippen LogP contribution is -2.45. The maximum absolute atomic E-state index is 12.5. The largest absolute Gasteiger partial charge is 0.386 e. The summed E-state index contributed by atoms with van der Waals surface area (Å²) in [6, 6.07) is 1.75. The first-order valence-electron chi connectivity index (χ1n) is 8.38. The number of hydrogen-bond acceptors (Lipinski definition) is 7. The molecule has 1 aliphatic heterocycles. The predicted octanol–water partition coefficient (Wildman–Crippen LogP) is 1.27. The van der Waals surface area contributed by atoms with Gasteiger partial charge in [-0.05, 0) is 25.3 Å². The Labute approximate surface area is 146 Å². The molecule has 3 rings (SSSR count). The Kier molecular flexibility index (Phi) is 4.71. The highest BCUT2D eigenvalue weighted by Gasteiger charge is 2.38. The van der Waals surface area contributed by atoms with Gasteiger partial charge in [0.05, 0.1) is 12.2 Å². The van der Waals surface area contributed by atoms with Crippen molar-refractivity contribution in [1.29, 1.82) is 0 Å². The van der Waals surface area contributed by atoms with Crippen molar-refractivity contribution in [3.8, 4) is 0 Å². The quantitative estimate of drug-likeness (QED) is 0.841. The van der Waals surface area contributed by atoms with Crippen LogP contribution in [0.2, 0.25) is 0 Å². The molecular weight excluding hydrogens is 322 g/mol. The highest BCUT2D eigenvalue weighted by molar-refractivity contribution is 5.96. The molecule has 0 spiro atoms. The van der Waals surface area contributed by atoms with Gasteiger partial charge in [-0.1, -0.05) is 19.0 Å². The van der Waals surface area contributed by atoms with Crippen LogP contribution < -0.4 is 10.2 Å². The Hall–Kier alpha value is -2.48. The number of aromatic nitrogens is 3. The number of rotatable bonds is 5. The van der Waals surface area contributed by atoms with E-state index < -0.39 is 5.60 Å². The van der Waals surface area contributed by atoms with Crippen LogP contribution in [0.25, 0.3) is 0 Å². The third-order valence-electron chi connectivity index (χ3n) is 4.41. The van der Waals surface area contributed by atoms with Gasteiger partial charge in [-0.25, -0.2) is 9.97 Å². The van der Waals surface area contributed by atoms with Crippen LogP contribution in [0, 0.1) is 6.92 Å². The second-order valence-corrected chi connectivity index (χ2v) is 6.78. The van der Waals surface area contributed by atoms with Crippen LogP contribution in [0.15, 0.2) is 23.0 Å². The van der Waals surface area contributed by atoms with Crippen LogP contribution in [-0.2, 0) is 0 Å². The normalized spacial score (nSPS) is 20.3. The summed E-state index contributed by atoms with van der Waals surface area (Å²) in [6.07, 6.45) is 3.87. The Bertz CT molecular complexity index is 746. The first-order valence-corrected chi connectivity index (χ1v) is 8.38. The van der Waals surface area contributed by atoms with E-state index in [4.69, 9.17) is 4.52 Å². The molecule has 8 heteroatoms. The van der Waals surface area contributed by atoms with Crippen molar-refractivity contribution in [2.24, 2.45) is 0 Å². The summed E-state index contributed by atoms with van der Waals surface area (Å²) < 4.78 is 5.15. The number of nitrogens with one attached hydrogen (secondary N) is 1. The van der Waals surface area contributed by atoms with Gasteiger partial charge in [-0.15, -0.1) is 0 Å². The fourth-order valence-electron chi connectivity index (χ4n) is 3.02. The third-order valence-corrected chi connectivity index (χ3v) is 4.41. The van der Waals surface area contributed by atoms with Crippen molar-refractivity contribution in [3.05, 3.63) is 35.5 Å². The molecule has 0 saturated carbocycles. The Balaban J connectivity index is 1.64. The molecule has 1 atom stereocenters. The lowest BCUT2D eigenvalue weighted by atomic mass is 10.0. The topological polar surface area (TPSA) is 104 Å². The first kappa shape index (κ1) is 17.3. The first-order chi connectivity index (χ1) is 11.9. The second-order valence-electron chi connectivity index (χ2n) is 6.78. The molecule has 0 bridgehead atoms. The van der Waals surface area contributed by atoms with Gasteiger partial charge < -0.3 is 19.8 Å². The number of β-amino-alcohol motifs (C(OH)–C–C–N with tert-alkyl or cyclic N) is 1. The SMILES string of the molecule is Cc1onc(C(C)C)c1C(=O)NC[C@]1(O)CCN(c2ncccn2)C1. The summed E-state index contributed by atoms with van der Waals surface area (Å²) >= 11 is 0. The van der Waals surface area contributed by atoms with Crippen LogP contribution in [0.3, 0.4) is 0 Å². The van der Waals surface area contributed by atoms with E-state index in [9.17, 15) is 9.90 Å². The van der Waals surface area contributed by atoms with E-state index in [1.807, 2.05) is 18.7 Å². The average molecular weight is 345 g/mol. The molecule has 0 unspecified atom stereocenters. The van der Waals surface area contributed by atoms with E-state index in [0.29, 0.717) is 42.5 Å². The number of aliphatic hydroxyl groups is 1. The summed E-state index contributed by atoms with van der Waals surface area (Å²) in [5, 5.41) is 17.5. The average Bonchev–Trinajstić information content (AvgIpc) is 3.17. The van der Waals surface area contributed by atoms with E-state index in [-0.39, 0.29) is 18.4 Å². The van der Waals surface area contributed by atoms with Gasteiger partial charge in [0.1, 0.15) is 16.9 Å². The van der Waals surface area contributed by atoms with Gasteiger partial charge >= 0.3 is 0 Å². The molecule has 25 heavy (non-hydrogen) atoms. The van der Waals surface area contributed by atoms with Gasteiger partial charge in [-0.2, -0.15) is 0 Å². The molecule has 1 fully saturated rings. The fraction of sp³-hybridized carbons (Fsp3) is 0.529. The molecule has 0 aliphatic carbocycles. The molecule has 2 aromatic rings. The summed E-state index contributed by atoms with van der Waals surface area (Å²) in [5.41, 5.74) is 0.0744. The van der Waals surface area contributed by atoms with Crippen LogP contribution in [0.5, 0.6) is 0 Å². The number of amides is 1. The zero-order valence-corrected chi connectivity index (χ0v) is 14.7. The Morgan fingerprint density at radius 1 is 1.44 bits per heavy atom. The molecular formula is C17H23N5O3. The predicted molar refractivity (Wildman–Crippen MR) is 91.5 cm³/mol. The minimum atomic E-state index is -1.02. The number of nitrogens with zero attached hydrogens (tertiary/aromatic N) is 4. The maximum Gasteiger partial charge on any atom is 0.256 e. The molecule has 2 N–H and O–H groups in total. The standard InChI is InChI=1S/C17H23N5O3/c1-11(2)14-13(12(3)25-21-14)15(23)20-9-17(24)5-8-22(10-17)16-18-6-4-7-19-16/h4,6-7,11,24H,5,8-10H2,1-3H3,(H,20,23)/t17-/m1/s1. The molecule has 1 saturated heterocycles. The van der Waals surface area contributed by atoms with Gasteiger partial charge in [-0.3, -0.25) is 4.79 Å². The summed E-state index contributed by atoms with van der Waals surface area (Å²) in [6.45, 7) is 6.79. The van der Waals surface area contributed by atoms with Crippen LogP contribution >= 0.6 is 0 Å². The van der Waals surface area contributed by atoms with Crippen molar-refractivity contribution in [2.75, 3.05) is 24.5 Å². The zero-order chi connectivity index (χ0) is 18.0. The number of carbonyl (C=O) groups is 1. The number of carbonyl (C=O) groups excluding carboxylic acids is 1. The smallest absolute Gasteiger partial charge is 0.256 e. The van der Waals surface area contributed by atoms with Crippen LogP contribution in [0.1, 0.15) is 48.0 Å². The van der Waals surface area contributed by atoms with Crippen LogP contribution in [0.4, 0.5) is 5.95 Å². The molecule has 8 nitrogen and oxygen atoms in total. The summed E-state index contributed by atoms with van der Waals surface area (Å²) in [4.78, 5) is 22.9. The highest BCUT2D eigenvalue weighted by atomic mass is 16.5. The van der Waals surface area contributed by atoms with E-state index in [1.165, 1.54) is 0 Å². The lowest BCUT2D eigenvalue weighted by molar-refractivity contribution is 0.0574. The maximum atomic E-state index is 12.5. The molecule has 0 aromatic carbocycles. The third kappa shape index (κ3) is 3.63. The second kappa shape index (κ2) is 6.79. The van der Waals surface area contributed by atoms with Crippen molar-refractivity contribution in [3.63, 3.8) is 0 Å².